The van der Waals surface area contributed by atoms with Gasteiger partial charge in [-0.15, -0.1) is 0 Å². The quantitative estimate of drug-likeness (QED) is 0.663. The zero-order valence-electron chi connectivity index (χ0n) is 14.8. The zero-order valence-corrected chi connectivity index (χ0v) is 14.8. The summed E-state index contributed by atoms with van der Waals surface area (Å²) >= 11 is 0. The topological polar surface area (TPSA) is 97.1 Å². The molecule has 1 saturated heterocycles. The minimum Gasteiger partial charge on any atom is -0.395 e. The molecule has 1 fully saturated rings. The van der Waals surface area contributed by atoms with Crippen molar-refractivity contribution in [2.45, 2.75) is 32.7 Å². The third-order valence-electron chi connectivity index (χ3n) is 4.49. The Bertz CT molecular complexity index is 696. The molecule has 1 aliphatic rings. The summed E-state index contributed by atoms with van der Waals surface area (Å²) in [6, 6.07) is 2.00. The highest BCUT2D eigenvalue weighted by molar-refractivity contribution is 5.43. The summed E-state index contributed by atoms with van der Waals surface area (Å²) in [6.07, 6.45) is 2.84. The van der Waals surface area contributed by atoms with Crippen LogP contribution in [0.3, 0.4) is 0 Å². The predicted molar refractivity (Wildman–Crippen MR) is 96.0 cm³/mol. The number of ether oxygens (including phenoxy) is 1. The van der Waals surface area contributed by atoms with Crippen LogP contribution in [0.5, 0.6) is 0 Å². The first kappa shape index (κ1) is 17.6. The number of nitrogens with zero attached hydrogens (tertiary/aromatic N) is 4. The van der Waals surface area contributed by atoms with Crippen molar-refractivity contribution in [3.63, 3.8) is 0 Å². The number of aryl methyl sites for hydroxylation is 1. The number of aliphatic hydroxyl groups is 1. The van der Waals surface area contributed by atoms with E-state index in [1.807, 2.05) is 19.3 Å². The third-order valence-corrected chi connectivity index (χ3v) is 4.49. The second kappa shape index (κ2) is 8.26. The van der Waals surface area contributed by atoms with Gasteiger partial charge >= 0.3 is 0 Å². The number of aliphatic hydroxyl groups excluding tert-OH is 1. The van der Waals surface area contributed by atoms with Crippen molar-refractivity contribution in [2.24, 2.45) is 0 Å². The molecule has 0 radical (unpaired) electrons. The number of nitrogens with one attached hydrogen (secondary N) is 2. The minimum absolute atomic E-state index is 0.0438. The van der Waals surface area contributed by atoms with Gasteiger partial charge in [-0.05, 0) is 20.3 Å². The summed E-state index contributed by atoms with van der Waals surface area (Å²) in [5.74, 6) is 1.62. The number of rotatable bonds is 8. The van der Waals surface area contributed by atoms with E-state index in [9.17, 15) is 0 Å². The monoisotopic (exact) mass is 346 g/mol. The largest absolute Gasteiger partial charge is 0.395 e. The van der Waals surface area contributed by atoms with E-state index in [0.29, 0.717) is 25.0 Å². The van der Waals surface area contributed by atoms with Crippen LogP contribution in [0, 0.1) is 13.8 Å². The number of imidazole rings is 1. The molecule has 3 heterocycles. The molecule has 0 amide bonds. The molecule has 3 N–H and O–H groups in total. The van der Waals surface area contributed by atoms with Gasteiger partial charge in [-0.1, -0.05) is 0 Å². The third kappa shape index (κ3) is 4.46. The average molecular weight is 346 g/mol. The Morgan fingerprint density at radius 1 is 1.28 bits per heavy atom. The molecule has 0 unspecified atom stereocenters. The number of hydrogen-bond acceptors (Lipinski definition) is 7. The zero-order chi connectivity index (χ0) is 17.6. The van der Waals surface area contributed by atoms with Gasteiger partial charge in [-0.2, -0.15) is 4.98 Å². The van der Waals surface area contributed by atoms with Gasteiger partial charge in [-0.3, -0.25) is 0 Å². The molecule has 0 spiro atoms. The van der Waals surface area contributed by atoms with Crippen LogP contribution in [-0.2, 0) is 11.3 Å². The molecular formula is C17H26N6O2. The second-order valence-electron chi connectivity index (χ2n) is 6.25. The van der Waals surface area contributed by atoms with Gasteiger partial charge in [-0.25, -0.2) is 9.97 Å². The Balaban J connectivity index is 1.67. The Morgan fingerprint density at radius 2 is 2.16 bits per heavy atom. The van der Waals surface area contributed by atoms with Crippen LogP contribution in [0.2, 0.25) is 0 Å². The van der Waals surface area contributed by atoms with Crippen LogP contribution in [0.25, 0.3) is 0 Å². The van der Waals surface area contributed by atoms with Crippen molar-refractivity contribution in [1.82, 2.24) is 19.5 Å². The molecule has 0 aliphatic carbocycles. The minimum atomic E-state index is 0.0438. The maximum Gasteiger partial charge on any atom is 0.224 e. The summed E-state index contributed by atoms with van der Waals surface area (Å²) in [7, 11) is 0. The smallest absolute Gasteiger partial charge is 0.224 e. The van der Waals surface area contributed by atoms with Gasteiger partial charge in [0.2, 0.25) is 5.95 Å². The molecule has 0 saturated carbocycles. The molecule has 25 heavy (non-hydrogen) atoms. The lowest BCUT2D eigenvalue weighted by Gasteiger charge is -2.14. The molecule has 8 heteroatoms. The maximum atomic E-state index is 9.01. The standard InChI is InChI=1S/C17H26N6O2/c1-12-13(2)23(11-20-12)6-4-18-16-9-15(14-3-8-25-10-14)21-17(22-16)19-5-7-24/h9,11,14,24H,3-8,10H2,1-2H3,(H2,18,19,21,22)/t14-/m0/s1. The SMILES string of the molecule is Cc1ncn(CCNc2cc([C@H]3CCOC3)nc(NCCO)n2)c1C. The number of anilines is 2. The first-order valence-electron chi connectivity index (χ1n) is 8.71. The van der Waals surface area contributed by atoms with Crippen molar-refractivity contribution in [3.8, 4) is 0 Å². The van der Waals surface area contributed by atoms with Gasteiger partial charge in [0.15, 0.2) is 0 Å². The molecule has 1 aliphatic heterocycles. The molecular weight excluding hydrogens is 320 g/mol. The fraction of sp³-hybridized carbons (Fsp3) is 0.588. The lowest BCUT2D eigenvalue weighted by atomic mass is 10.0. The van der Waals surface area contributed by atoms with Crippen molar-refractivity contribution in [2.75, 3.05) is 43.5 Å². The Hall–Kier alpha value is -2.19. The van der Waals surface area contributed by atoms with E-state index in [0.717, 1.165) is 43.3 Å². The van der Waals surface area contributed by atoms with Gasteiger partial charge in [0, 0.05) is 43.9 Å². The summed E-state index contributed by atoms with van der Waals surface area (Å²) in [4.78, 5) is 13.4. The summed E-state index contributed by atoms with van der Waals surface area (Å²) in [5, 5.41) is 15.4. The normalized spacial score (nSPS) is 17.0. The molecule has 2 aromatic rings. The van der Waals surface area contributed by atoms with Crippen LogP contribution in [0.4, 0.5) is 11.8 Å². The molecule has 8 nitrogen and oxygen atoms in total. The van der Waals surface area contributed by atoms with Gasteiger partial charge in [0.1, 0.15) is 5.82 Å². The van der Waals surface area contributed by atoms with Crippen molar-refractivity contribution >= 4 is 11.8 Å². The van der Waals surface area contributed by atoms with E-state index >= 15 is 0 Å². The fourth-order valence-corrected chi connectivity index (χ4v) is 2.85. The molecule has 2 aromatic heterocycles. The van der Waals surface area contributed by atoms with E-state index in [2.05, 4.69) is 37.1 Å². The van der Waals surface area contributed by atoms with Crippen molar-refractivity contribution in [3.05, 3.63) is 29.5 Å². The molecule has 136 valence electrons. The first-order chi connectivity index (χ1) is 12.2. The average Bonchev–Trinajstić information content (AvgIpc) is 3.26. The maximum absolute atomic E-state index is 9.01. The predicted octanol–water partition coefficient (Wildman–Crippen LogP) is 1.31. The van der Waals surface area contributed by atoms with E-state index in [1.54, 1.807) is 0 Å². The van der Waals surface area contributed by atoms with Gasteiger partial charge < -0.3 is 25.0 Å². The molecule has 0 aromatic carbocycles. The van der Waals surface area contributed by atoms with E-state index in [1.165, 1.54) is 5.69 Å². The number of hydrogen-bond donors (Lipinski definition) is 3. The van der Waals surface area contributed by atoms with Gasteiger partial charge in [0.05, 0.1) is 30.9 Å². The highest BCUT2D eigenvalue weighted by atomic mass is 16.5. The summed E-state index contributed by atoms with van der Waals surface area (Å²) in [5.41, 5.74) is 3.21. The van der Waals surface area contributed by atoms with E-state index < -0.39 is 0 Å². The lowest BCUT2D eigenvalue weighted by Crippen LogP contribution is -2.15. The fourth-order valence-electron chi connectivity index (χ4n) is 2.85. The Labute approximate surface area is 147 Å². The number of aromatic nitrogens is 4. The van der Waals surface area contributed by atoms with E-state index in [4.69, 9.17) is 9.84 Å². The van der Waals surface area contributed by atoms with Crippen LogP contribution < -0.4 is 10.6 Å². The molecule has 1 atom stereocenters. The molecule has 0 bridgehead atoms. The van der Waals surface area contributed by atoms with Crippen LogP contribution in [-0.4, -0.2) is 57.5 Å². The molecule has 3 rings (SSSR count). The van der Waals surface area contributed by atoms with Crippen LogP contribution in [0.15, 0.2) is 12.4 Å². The van der Waals surface area contributed by atoms with Crippen LogP contribution in [0.1, 0.15) is 29.4 Å². The van der Waals surface area contributed by atoms with Gasteiger partial charge in [0.25, 0.3) is 0 Å². The lowest BCUT2D eigenvalue weighted by molar-refractivity contribution is 0.193. The highest BCUT2D eigenvalue weighted by Gasteiger charge is 2.20. The summed E-state index contributed by atoms with van der Waals surface area (Å²) in [6.45, 7) is 7.59. The summed E-state index contributed by atoms with van der Waals surface area (Å²) < 4.78 is 7.60. The van der Waals surface area contributed by atoms with Crippen molar-refractivity contribution < 1.29 is 9.84 Å². The van der Waals surface area contributed by atoms with Crippen molar-refractivity contribution in [1.29, 1.82) is 0 Å². The van der Waals surface area contributed by atoms with Crippen LogP contribution >= 0.6 is 0 Å². The Morgan fingerprint density at radius 3 is 2.84 bits per heavy atom. The van der Waals surface area contributed by atoms with E-state index in [-0.39, 0.29) is 6.61 Å². The first-order valence-corrected chi connectivity index (χ1v) is 8.71. The Kier molecular flexibility index (Phi) is 5.83. The second-order valence-corrected chi connectivity index (χ2v) is 6.25. The highest BCUT2D eigenvalue weighted by Crippen LogP contribution is 2.26.